The van der Waals surface area contributed by atoms with E-state index in [4.69, 9.17) is 0 Å². The maximum Gasteiger partial charge on any atom is 0.283 e. The molecule has 0 atom stereocenters. The van der Waals surface area contributed by atoms with Crippen LogP contribution in [0.5, 0.6) is 0 Å². The second kappa shape index (κ2) is 6.35. The standard InChI is InChI=1S/C13H13FN4O5S/c1-8(2)17-12(3-4-15-17)13(19)16-24(22,23)11-6-9(14)5-10(7-11)18(20)21/h3-8H,1-2H3,(H,16,19). The van der Waals surface area contributed by atoms with E-state index in [1.54, 1.807) is 18.6 Å². The molecule has 1 heterocycles. The molecule has 0 unspecified atom stereocenters. The van der Waals surface area contributed by atoms with Crippen molar-refractivity contribution in [3.8, 4) is 0 Å². The number of amides is 1. The number of nitrogens with zero attached hydrogens (tertiary/aromatic N) is 3. The third-order valence-electron chi connectivity index (χ3n) is 3.00. The summed E-state index contributed by atoms with van der Waals surface area (Å²) < 4.78 is 40.8. The second-order valence-electron chi connectivity index (χ2n) is 5.09. The molecule has 0 spiro atoms. The Hall–Kier alpha value is -2.82. The van der Waals surface area contributed by atoms with Gasteiger partial charge in [-0.1, -0.05) is 0 Å². The van der Waals surface area contributed by atoms with Crippen LogP contribution in [0.3, 0.4) is 0 Å². The zero-order valence-corrected chi connectivity index (χ0v) is 13.4. The molecule has 2 aromatic rings. The Morgan fingerprint density at radius 2 is 2.04 bits per heavy atom. The van der Waals surface area contributed by atoms with Crippen molar-refractivity contribution in [3.63, 3.8) is 0 Å². The molecular formula is C13H13FN4O5S. The molecule has 1 aromatic heterocycles. The minimum Gasteiger partial charge on any atom is -0.266 e. The number of nitrogens with one attached hydrogen (secondary N) is 1. The molecule has 1 amide bonds. The van der Waals surface area contributed by atoms with Gasteiger partial charge in [0.2, 0.25) is 0 Å². The van der Waals surface area contributed by atoms with Gasteiger partial charge in [0.1, 0.15) is 11.5 Å². The molecule has 0 radical (unpaired) electrons. The van der Waals surface area contributed by atoms with E-state index in [1.165, 1.54) is 16.9 Å². The first-order valence-electron chi connectivity index (χ1n) is 6.67. The first-order chi connectivity index (χ1) is 11.1. The highest BCUT2D eigenvalue weighted by Crippen LogP contribution is 2.20. The van der Waals surface area contributed by atoms with Gasteiger partial charge in [-0.3, -0.25) is 19.6 Å². The lowest BCUT2D eigenvalue weighted by molar-refractivity contribution is -0.385. The van der Waals surface area contributed by atoms with Crippen molar-refractivity contribution in [2.75, 3.05) is 0 Å². The number of nitro benzene ring substituents is 1. The lowest BCUT2D eigenvalue weighted by Gasteiger charge is -2.11. The van der Waals surface area contributed by atoms with E-state index >= 15 is 0 Å². The van der Waals surface area contributed by atoms with Crippen molar-refractivity contribution in [1.29, 1.82) is 0 Å². The van der Waals surface area contributed by atoms with Crippen molar-refractivity contribution in [2.45, 2.75) is 24.8 Å². The van der Waals surface area contributed by atoms with Gasteiger partial charge in [0.15, 0.2) is 0 Å². The quantitative estimate of drug-likeness (QED) is 0.641. The minimum absolute atomic E-state index is 0.0144. The van der Waals surface area contributed by atoms with Crippen LogP contribution in [-0.2, 0) is 10.0 Å². The summed E-state index contributed by atoms with van der Waals surface area (Å²) in [6.07, 6.45) is 1.33. The average Bonchev–Trinajstić information content (AvgIpc) is 2.95. The molecule has 2 rings (SSSR count). The van der Waals surface area contributed by atoms with Crippen LogP contribution in [0.2, 0.25) is 0 Å². The number of sulfonamides is 1. The maximum atomic E-state index is 13.4. The van der Waals surface area contributed by atoms with Crippen molar-refractivity contribution < 1.29 is 22.5 Å². The number of hydrogen-bond donors (Lipinski definition) is 1. The number of hydrogen-bond acceptors (Lipinski definition) is 6. The monoisotopic (exact) mass is 356 g/mol. The molecule has 128 valence electrons. The van der Waals surface area contributed by atoms with Gasteiger partial charge < -0.3 is 0 Å². The van der Waals surface area contributed by atoms with Crippen molar-refractivity contribution >= 4 is 21.6 Å². The number of aromatic nitrogens is 2. The number of non-ortho nitro benzene ring substituents is 1. The number of carbonyl (C=O) groups excluding carboxylic acids is 1. The third-order valence-corrected chi connectivity index (χ3v) is 4.31. The molecule has 0 aliphatic heterocycles. The fourth-order valence-corrected chi connectivity index (χ4v) is 2.96. The van der Waals surface area contributed by atoms with E-state index in [2.05, 4.69) is 5.10 Å². The Bertz CT molecular complexity index is 907. The second-order valence-corrected chi connectivity index (χ2v) is 6.77. The predicted molar refractivity (Wildman–Crippen MR) is 80.3 cm³/mol. The zero-order chi connectivity index (χ0) is 18.1. The van der Waals surface area contributed by atoms with Crippen LogP contribution in [0, 0.1) is 15.9 Å². The number of nitro groups is 1. The van der Waals surface area contributed by atoms with E-state index < -0.39 is 37.3 Å². The highest BCUT2D eigenvalue weighted by molar-refractivity contribution is 7.90. The van der Waals surface area contributed by atoms with Crippen molar-refractivity contribution in [3.05, 3.63) is 52.1 Å². The lowest BCUT2D eigenvalue weighted by atomic mass is 10.3. The van der Waals surface area contributed by atoms with Gasteiger partial charge in [0.25, 0.3) is 21.6 Å². The summed E-state index contributed by atoms with van der Waals surface area (Å²) in [4.78, 5) is 21.2. The molecule has 24 heavy (non-hydrogen) atoms. The summed E-state index contributed by atoms with van der Waals surface area (Å²) in [5, 5.41) is 14.6. The van der Waals surface area contributed by atoms with Gasteiger partial charge in [-0.05, 0) is 26.0 Å². The van der Waals surface area contributed by atoms with Crippen LogP contribution in [-0.4, -0.2) is 29.0 Å². The molecule has 9 nitrogen and oxygen atoms in total. The fraction of sp³-hybridized carbons (Fsp3) is 0.231. The molecule has 0 saturated carbocycles. The predicted octanol–water partition coefficient (Wildman–Crippen LogP) is 1.63. The first-order valence-corrected chi connectivity index (χ1v) is 8.16. The van der Waals surface area contributed by atoms with E-state index in [9.17, 15) is 27.7 Å². The Labute approximate surface area is 136 Å². The SMILES string of the molecule is CC(C)n1nccc1C(=O)NS(=O)(=O)c1cc(F)cc([N+](=O)[O-])c1. The summed E-state index contributed by atoms with van der Waals surface area (Å²) in [5.74, 6) is -2.09. The smallest absolute Gasteiger partial charge is 0.266 e. The third kappa shape index (κ3) is 3.56. The summed E-state index contributed by atoms with van der Waals surface area (Å²) >= 11 is 0. The normalized spacial score (nSPS) is 11.5. The van der Waals surface area contributed by atoms with Gasteiger partial charge in [-0.15, -0.1) is 0 Å². The molecule has 0 bridgehead atoms. The summed E-state index contributed by atoms with van der Waals surface area (Å²) in [6, 6.07) is 2.95. The van der Waals surface area contributed by atoms with Gasteiger partial charge in [0.05, 0.1) is 15.9 Å². The van der Waals surface area contributed by atoms with Gasteiger partial charge >= 0.3 is 0 Å². The summed E-state index contributed by atoms with van der Waals surface area (Å²) in [6.45, 7) is 3.49. The Morgan fingerprint density at radius 1 is 1.38 bits per heavy atom. The molecule has 0 aliphatic carbocycles. The Morgan fingerprint density at radius 3 is 2.62 bits per heavy atom. The van der Waals surface area contributed by atoms with Crippen LogP contribution >= 0.6 is 0 Å². The van der Waals surface area contributed by atoms with Crippen LogP contribution in [0.1, 0.15) is 30.4 Å². The highest BCUT2D eigenvalue weighted by atomic mass is 32.2. The molecule has 11 heteroatoms. The van der Waals surface area contributed by atoms with Gasteiger partial charge in [-0.2, -0.15) is 5.10 Å². The maximum absolute atomic E-state index is 13.4. The molecule has 1 aromatic carbocycles. The number of halogens is 1. The highest BCUT2D eigenvalue weighted by Gasteiger charge is 2.24. The van der Waals surface area contributed by atoms with E-state index in [0.717, 1.165) is 0 Å². The molecule has 0 fully saturated rings. The number of rotatable bonds is 5. The van der Waals surface area contributed by atoms with Crippen molar-refractivity contribution in [1.82, 2.24) is 14.5 Å². The number of benzene rings is 1. The topological polar surface area (TPSA) is 124 Å². The zero-order valence-electron chi connectivity index (χ0n) is 12.6. The van der Waals surface area contributed by atoms with Crippen LogP contribution in [0.4, 0.5) is 10.1 Å². The lowest BCUT2D eigenvalue weighted by Crippen LogP contribution is -2.32. The largest absolute Gasteiger partial charge is 0.283 e. The van der Waals surface area contributed by atoms with E-state index in [-0.39, 0.29) is 11.7 Å². The van der Waals surface area contributed by atoms with E-state index in [1.807, 2.05) is 0 Å². The van der Waals surface area contributed by atoms with Crippen LogP contribution in [0.25, 0.3) is 0 Å². The summed E-state index contributed by atoms with van der Waals surface area (Å²) in [7, 11) is -4.49. The van der Waals surface area contributed by atoms with Crippen LogP contribution < -0.4 is 4.72 Å². The molecule has 1 N–H and O–H groups in total. The van der Waals surface area contributed by atoms with Crippen LogP contribution in [0.15, 0.2) is 35.4 Å². The van der Waals surface area contributed by atoms with Gasteiger partial charge in [-0.25, -0.2) is 17.5 Å². The first kappa shape index (κ1) is 17.5. The molecular weight excluding hydrogens is 343 g/mol. The van der Waals surface area contributed by atoms with Crippen molar-refractivity contribution in [2.24, 2.45) is 0 Å². The average molecular weight is 356 g/mol. The molecule has 0 aliphatic rings. The Balaban J connectivity index is 2.36. The van der Waals surface area contributed by atoms with E-state index in [0.29, 0.717) is 18.2 Å². The fourth-order valence-electron chi connectivity index (χ4n) is 1.95. The number of carbonyl (C=O) groups is 1. The minimum atomic E-state index is -4.49. The molecule has 0 saturated heterocycles. The van der Waals surface area contributed by atoms with Gasteiger partial charge in [0, 0.05) is 18.3 Å². The summed E-state index contributed by atoms with van der Waals surface area (Å²) in [5.41, 5.74) is -0.755. The Kier molecular flexibility index (Phi) is 4.64.